The standard InChI is InChI=1S/C15H22N2O3/c1-3-20-15(19)5-4-10-16-11-14(18)17-13-8-6-12(2)7-9-13/h6-9,16H,3-5,10-11H2,1-2H3,(H,17,18). The molecule has 0 bridgehead atoms. The fourth-order valence-electron chi connectivity index (χ4n) is 1.63. The molecule has 0 aliphatic rings. The molecule has 0 atom stereocenters. The van der Waals surface area contributed by atoms with E-state index >= 15 is 0 Å². The van der Waals surface area contributed by atoms with Crippen molar-refractivity contribution in [2.75, 3.05) is 25.0 Å². The SMILES string of the molecule is CCOC(=O)CCCNCC(=O)Nc1ccc(C)cc1. The van der Waals surface area contributed by atoms with E-state index in [0.29, 0.717) is 26.0 Å². The number of amides is 1. The second-order valence-corrected chi connectivity index (χ2v) is 4.50. The summed E-state index contributed by atoms with van der Waals surface area (Å²) in [7, 11) is 0. The summed E-state index contributed by atoms with van der Waals surface area (Å²) in [4.78, 5) is 22.7. The molecule has 0 aromatic heterocycles. The average molecular weight is 278 g/mol. The maximum Gasteiger partial charge on any atom is 0.305 e. The van der Waals surface area contributed by atoms with E-state index in [1.165, 1.54) is 0 Å². The van der Waals surface area contributed by atoms with Gasteiger partial charge in [0, 0.05) is 12.1 Å². The molecule has 5 heteroatoms. The molecule has 0 spiro atoms. The van der Waals surface area contributed by atoms with Crippen LogP contribution in [0.5, 0.6) is 0 Å². The van der Waals surface area contributed by atoms with E-state index in [9.17, 15) is 9.59 Å². The summed E-state index contributed by atoms with van der Waals surface area (Å²) in [6.45, 7) is 5.03. The van der Waals surface area contributed by atoms with Gasteiger partial charge < -0.3 is 15.4 Å². The number of esters is 1. The number of rotatable bonds is 8. The van der Waals surface area contributed by atoms with Gasteiger partial charge in [-0.15, -0.1) is 0 Å². The van der Waals surface area contributed by atoms with E-state index in [1.54, 1.807) is 6.92 Å². The predicted molar refractivity (Wildman–Crippen MR) is 78.5 cm³/mol. The first-order chi connectivity index (χ1) is 9.61. The number of ether oxygens (including phenoxy) is 1. The lowest BCUT2D eigenvalue weighted by atomic mass is 10.2. The number of anilines is 1. The molecule has 1 aromatic rings. The third-order valence-corrected chi connectivity index (χ3v) is 2.66. The van der Waals surface area contributed by atoms with Crippen molar-refractivity contribution in [2.24, 2.45) is 0 Å². The molecule has 0 radical (unpaired) electrons. The number of hydrogen-bond acceptors (Lipinski definition) is 4. The van der Waals surface area contributed by atoms with Crippen LogP contribution in [0.25, 0.3) is 0 Å². The van der Waals surface area contributed by atoms with Crippen LogP contribution >= 0.6 is 0 Å². The lowest BCUT2D eigenvalue weighted by Gasteiger charge is -2.07. The van der Waals surface area contributed by atoms with Gasteiger partial charge in [-0.1, -0.05) is 17.7 Å². The van der Waals surface area contributed by atoms with Crippen molar-refractivity contribution in [2.45, 2.75) is 26.7 Å². The van der Waals surface area contributed by atoms with Crippen LogP contribution in [0.1, 0.15) is 25.3 Å². The summed E-state index contributed by atoms with van der Waals surface area (Å²) in [5, 5.41) is 5.79. The quantitative estimate of drug-likeness (QED) is 0.562. The van der Waals surface area contributed by atoms with E-state index in [4.69, 9.17) is 4.74 Å². The topological polar surface area (TPSA) is 67.4 Å². The highest BCUT2D eigenvalue weighted by Gasteiger charge is 2.03. The van der Waals surface area contributed by atoms with Crippen molar-refractivity contribution < 1.29 is 14.3 Å². The van der Waals surface area contributed by atoms with Crippen LogP contribution in [0.2, 0.25) is 0 Å². The smallest absolute Gasteiger partial charge is 0.305 e. The first kappa shape index (κ1) is 16.2. The third-order valence-electron chi connectivity index (χ3n) is 2.66. The highest BCUT2D eigenvalue weighted by atomic mass is 16.5. The predicted octanol–water partition coefficient (Wildman–Crippen LogP) is 1.87. The van der Waals surface area contributed by atoms with Gasteiger partial charge in [-0.25, -0.2) is 0 Å². The Balaban J connectivity index is 2.11. The zero-order valence-corrected chi connectivity index (χ0v) is 12.1. The van der Waals surface area contributed by atoms with Crippen molar-refractivity contribution in [1.29, 1.82) is 0 Å². The Morgan fingerprint density at radius 3 is 2.55 bits per heavy atom. The van der Waals surface area contributed by atoms with Gasteiger partial charge in [-0.2, -0.15) is 0 Å². The molecule has 0 saturated heterocycles. The van der Waals surface area contributed by atoms with Crippen LogP contribution in [0.15, 0.2) is 24.3 Å². The molecule has 20 heavy (non-hydrogen) atoms. The molecular formula is C15H22N2O3. The maximum atomic E-state index is 11.6. The highest BCUT2D eigenvalue weighted by molar-refractivity contribution is 5.92. The number of carbonyl (C=O) groups is 2. The Hall–Kier alpha value is -1.88. The number of carbonyl (C=O) groups excluding carboxylic acids is 2. The molecule has 0 aliphatic carbocycles. The van der Waals surface area contributed by atoms with Gasteiger partial charge in [0.15, 0.2) is 0 Å². The van der Waals surface area contributed by atoms with Gasteiger partial charge in [0.05, 0.1) is 13.2 Å². The number of aryl methyl sites for hydroxylation is 1. The Kier molecular flexibility index (Phi) is 7.35. The van der Waals surface area contributed by atoms with Crippen molar-refractivity contribution in [3.63, 3.8) is 0 Å². The van der Waals surface area contributed by atoms with Gasteiger partial charge in [0.1, 0.15) is 0 Å². The van der Waals surface area contributed by atoms with E-state index in [1.807, 2.05) is 31.2 Å². The largest absolute Gasteiger partial charge is 0.466 e. The molecular weight excluding hydrogens is 256 g/mol. The number of nitrogens with one attached hydrogen (secondary N) is 2. The molecule has 0 aliphatic heterocycles. The molecule has 0 heterocycles. The summed E-state index contributed by atoms with van der Waals surface area (Å²) in [5.74, 6) is -0.289. The van der Waals surface area contributed by atoms with Gasteiger partial charge in [0.2, 0.25) is 5.91 Å². The molecule has 1 aromatic carbocycles. The molecule has 1 amide bonds. The zero-order chi connectivity index (χ0) is 14.8. The minimum Gasteiger partial charge on any atom is -0.466 e. The lowest BCUT2D eigenvalue weighted by Crippen LogP contribution is -2.29. The van der Waals surface area contributed by atoms with Crippen molar-refractivity contribution in [3.8, 4) is 0 Å². The minimum absolute atomic E-state index is 0.0926. The normalized spacial score (nSPS) is 10.1. The summed E-state index contributed by atoms with van der Waals surface area (Å²) < 4.78 is 4.81. The maximum absolute atomic E-state index is 11.6. The summed E-state index contributed by atoms with van der Waals surface area (Å²) >= 11 is 0. The number of benzene rings is 1. The van der Waals surface area contributed by atoms with Crippen LogP contribution < -0.4 is 10.6 Å². The average Bonchev–Trinajstić information content (AvgIpc) is 2.41. The first-order valence-electron chi connectivity index (χ1n) is 6.84. The van der Waals surface area contributed by atoms with Gasteiger partial charge in [0.25, 0.3) is 0 Å². The monoisotopic (exact) mass is 278 g/mol. The van der Waals surface area contributed by atoms with E-state index < -0.39 is 0 Å². The zero-order valence-electron chi connectivity index (χ0n) is 12.1. The fourth-order valence-corrected chi connectivity index (χ4v) is 1.63. The first-order valence-corrected chi connectivity index (χ1v) is 6.84. The van der Waals surface area contributed by atoms with Crippen molar-refractivity contribution >= 4 is 17.6 Å². The highest BCUT2D eigenvalue weighted by Crippen LogP contribution is 2.07. The fraction of sp³-hybridized carbons (Fsp3) is 0.467. The van der Waals surface area contributed by atoms with E-state index in [0.717, 1.165) is 11.3 Å². The third kappa shape index (κ3) is 6.89. The van der Waals surface area contributed by atoms with E-state index in [2.05, 4.69) is 10.6 Å². The van der Waals surface area contributed by atoms with Gasteiger partial charge in [-0.3, -0.25) is 9.59 Å². The number of hydrogen-bond donors (Lipinski definition) is 2. The van der Waals surface area contributed by atoms with Crippen LogP contribution in [0.4, 0.5) is 5.69 Å². The Labute approximate surface area is 119 Å². The Bertz CT molecular complexity index is 429. The van der Waals surface area contributed by atoms with Crippen LogP contribution in [0.3, 0.4) is 0 Å². The van der Waals surface area contributed by atoms with Crippen LogP contribution in [-0.4, -0.2) is 31.6 Å². The second kappa shape index (κ2) is 9.09. The summed E-state index contributed by atoms with van der Waals surface area (Å²) in [6, 6.07) is 7.63. The van der Waals surface area contributed by atoms with Gasteiger partial charge >= 0.3 is 5.97 Å². The van der Waals surface area contributed by atoms with Crippen molar-refractivity contribution in [1.82, 2.24) is 5.32 Å². The van der Waals surface area contributed by atoms with Gasteiger partial charge in [-0.05, 0) is 38.9 Å². The van der Waals surface area contributed by atoms with Crippen molar-refractivity contribution in [3.05, 3.63) is 29.8 Å². The molecule has 110 valence electrons. The Morgan fingerprint density at radius 1 is 1.20 bits per heavy atom. The van der Waals surface area contributed by atoms with Crippen LogP contribution in [-0.2, 0) is 14.3 Å². The lowest BCUT2D eigenvalue weighted by molar-refractivity contribution is -0.143. The molecule has 0 saturated carbocycles. The molecule has 0 fully saturated rings. The summed E-state index contributed by atoms with van der Waals surface area (Å²) in [5.41, 5.74) is 1.94. The molecule has 0 unspecified atom stereocenters. The molecule has 5 nitrogen and oxygen atoms in total. The van der Waals surface area contributed by atoms with Crippen LogP contribution in [0, 0.1) is 6.92 Å². The molecule has 2 N–H and O–H groups in total. The Morgan fingerprint density at radius 2 is 1.90 bits per heavy atom. The minimum atomic E-state index is -0.196. The molecule has 1 rings (SSSR count). The summed E-state index contributed by atoms with van der Waals surface area (Å²) in [6.07, 6.45) is 1.04. The van der Waals surface area contributed by atoms with E-state index in [-0.39, 0.29) is 18.4 Å². The second-order valence-electron chi connectivity index (χ2n) is 4.50.